The number of aliphatic hydroxyl groups is 7. The third kappa shape index (κ3) is 30.8. The van der Waals surface area contributed by atoms with Gasteiger partial charge in [-0.15, -0.1) is 0 Å². The Balaban J connectivity index is 2.60. The second-order valence-corrected chi connectivity index (χ2v) is 17.7. The number of hydrogen-bond acceptors (Lipinski definition) is 14. The monoisotopic (exact) mass is 941 g/mol. The molecule has 0 heterocycles. The van der Waals surface area contributed by atoms with Gasteiger partial charge in [0.2, 0.25) is 0 Å². The Bertz CT molecular complexity index is 1490. The van der Waals surface area contributed by atoms with E-state index in [9.17, 15) is 54.8 Å². The van der Waals surface area contributed by atoms with Crippen molar-refractivity contribution in [3.63, 3.8) is 0 Å². The number of phosphoric ester groups is 1. The summed E-state index contributed by atoms with van der Waals surface area (Å²) in [6, 6.07) is 0. The van der Waals surface area contributed by atoms with Gasteiger partial charge in [0.15, 0.2) is 6.10 Å². The molecule has 16 heteroatoms. The molecule has 1 rings (SSSR count). The molecule has 0 aromatic carbocycles. The quantitative estimate of drug-likeness (QED) is 0.0101. The molecule has 1 aliphatic rings. The molecule has 0 aromatic rings. The van der Waals surface area contributed by atoms with E-state index in [1.165, 1.54) is 32.1 Å². The summed E-state index contributed by atoms with van der Waals surface area (Å²) in [6.45, 7) is 2.97. The predicted octanol–water partition coefficient (Wildman–Crippen LogP) is 7.22. The molecule has 0 bridgehead atoms. The van der Waals surface area contributed by atoms with Crippen LogP contribution in [0, 0.1) is 0 Å². The molecule has 0 radical (unpaired) electrons. The minimum atomic E-state index is -5.19. The number of aliphatic hydroxyl groups excluding tert-OH is 7. The lowest BCUT2D eigenvalue weighted by Gasteiger charge is -2.41. The molecule has 0 spiro atoms. The van der Waals surface area contributed by atoms with Gasteiger partial charge in [-0.3, -0.25) is 18.6 Å². The van der Waals surface area contributed by atoms with Crippen LogP contribution in [0.5, 0.6) is 0 Å². The Morgan fingerprint density at radius 2 is 1.06 bits per heavy atom. The topological polar surface area (TPSA) is 250 Å². The molecule has 0 saturated heterocycles. The summed E-state index contributed by atoms with van der Waals surface area (Å²) in [5.74, 6) is -1.37. The number of allylic oxidation sites excluding steroid dienone is 11. The van der Waals surface area contributed by atoms with Crippen LogP contribution in [0.25, 0.3) is 0 Å². The molecule has 10 atom stereocenters. The molecule has 1 aliphatic carbocycles. The molecule has 15 nitrogen and oxygen atoms in total. The Kier molecular flexibility index (Phi) is 35.0. The highest BCUT2D eigenvalue weighted by atomic mass is 31.2. The summed E-state index contributed by atoms with van der Waals surface area (Å²) < 4.78 is 33.3. The highest BCUT2D eigenvalue weighted by molar-refractivity contribution is 7.47. The number of phosphoric acid groups is 1. The number of carbonyl (C=O) groups is 2. The van der Waals surface area contributed by atoms with Crippen LogP contribution in [-0.4, -0.2) is 121 Å². The highest BCUT2D eigenvalue weighted by Gasteiger charge is 2.51. The van der Waals surface area contributed by atoms with Gasteiger partial charge >= 0.3 is 19.8 Å². The fourth-order valence-electron chi connectivity index (χ4n) is 6.49. The maximum atomic E-state index is 12.8. The summed E-state index contributed by atoms with van der Waals surface area (Å²) in [4.78, 5) is 35.7. The third-order valence-electron chi connectivity index (χ3n) is 10.4. The van der Waals surface area contributed by atoms with E-state index in [1.807, 2.05) is 6.08 Å². The van der Waals surface area contributed by atoms with Crippen molar-refractivity contribution in [2.75, 3.05) is 13.2 Å². The van der Waals surface area contributed by atoms with E-state index in [4.69, 9.17) is 18.5 Å². The van der Waals surface area contributed by atoms with Crippen LogP contribution in [0.2, 0.25) is 0 Å². The molecule has 3 unspecified atom stereocenters. The molecular weight excluding hydrogens is 859 g/mol. The second-order valence-electron chi connectivity index (χ2n) is 16.3. The van der Waals surface area contributed by atoms with Gasteiger partial charge < -0.3 is 50.1 Å². The Labute approximate surface area is 387 Å². The summed E-state index contributed by atoms with van der Waals surface area (Å²) in [5.41, 5.74) is 0. The molecule has 8 N–H and O–H groups in total. The number of carbonyl (C=O) groups excluding carboxylic acids is 2. The van der Waals surface area contributed by atoms with E-state index in [2.05, 4.69) is 56.4 Å². The molecule has 0 aliphatic heterocycles. The average Bonchev–Trinajstić information content (AvgIpc) is 3.28. The van der Waals surface area contributed by atoms with Crippen LogP contribution >= 0.6 is 7.82 Å². The fourth-order valence-corrected chi connectivity index (χ4v) is 7.46. The Morgan fingerprint density at radius 1 is 0.569 bits per heavy atom. The van der Waals surface area contributed by atoms with Crippen molar-refractivity contribution >= 4 is 19.8 Å². The predicted molar refractivity (Wildman–Crippen MR) is 251 cm³/mol. The van der Waals surface area contributed by atoms with E-state index in [0.29, 0.717) is 12.8 Å². The third-order valence-corrected chi connectivity index (χ3v) is 11.4. The van der Waals surface area contributed by atoms with Crippen LogP contribution in [0.1, 0.15) is 142 Å². The van der Waals surface area contributed by atoms with Crippen LogP contribution in [0.15, 0.2) is 85.1 Å². The van der Waals surface area contributed by atoms with Crippen LogP contribution in [0.3, 0.4) is 0 Å². The number of ether oxygens (including phenoxy) is 2. The summed E-state index contributed by atoms with van der Waals surface area (Å²) in [5, 5.41) is 70.5. The first-order valence-electron chi connectivity index (χ1n) is 23.6. The van der Waals surface area contributed by atoms with E-state index in [0.717, 1.165) is 57.8 Å². The van der Waals surface area contributed by atoms with E-state index in [1.54, 1.807) is 36.5 Å². The molecule has 0 aromatic heterocycles. The Morgan fingerprint density at radius 3 is 1.65 bits per heavy atom. The smallest absolute Gasteiger partial charge is 0.462 e. The van der Waals surface area contributed by atoms with Crippen molar-refractivity contribution in [3.8, 4) is 0 Å². The fraction of sp³-hybridized carbons (Fsp3) is 0.673. The number of unbranched alkanes of at least 4 members (excludes halogenated alkanes) is 10. The van der Waals surface area contributed by atoms with Crippen LogP contribution < -0.4 is 0 Å². The number of hydrogen-bond donors (Lipinski definition) is 8. The van der Waals surface area contributed by atoms with Crippen molar-refractivity contribution in [1.82, 2.24) is 0 Å². The molecule has 0 amide bonds. The standard InChI is InChI=1S/C49H81O15P/c1-3-5-7-9-11-12-13-14-15-16-17-18-19-20-21-23-29-35-43(53)63-41(38-62-65(59,60)64-49-47(57)45(55)44(54)46(56)48(49)58)37-61-42(52)36-30-34-40(51)33-28-25-24-27-32-39(50)31-26-22-10-8-6-4-2/h11-12,14-15,17-18,22,24-28,32-33,39-41,44-51,54-58H,3-10,13,16,19-21,23,29-31,34-38H2,1-2H3,(H,59,60)/b12-11-,15-14-,18-17-,25-24+,26-22-,32-27+,33-28-/t39-,40-,41-,44?,45-,46+,47-,48-,49?/m1/s1. The SMILES string of the molecule is CCCCC/C=C\C/C=C\C/C=C\CCCCCCC(=O)O[C@H](COC(=O)CCC[C@H](O)\C=C/C=C/C=C/[C@H](O)C/C=C\CCCCC)COP(=O)(O)OC1[C@H](O)[C@H](O)C(O)[C@H](O)[C@H]1O. The first-order valence-corrected chi connectivity index (χ1v) is 25.1. The number of rotatable bonds is 37. The minimum Gasteiger partial charge on any atom is -0.462 e. The van der Waals surface area contributed by atoms with Gasteiger partial charge in [-0.1, -0.05) is 137 Å². The lowest BCUT2D eigenvalue weighted by Crippen LogP contribution is -2.64. The normalized spacial score (nSPS) is 23.2. The van der Waals surface area contributed by atoms with Gasteiger partial charge in [-0.2, -0.15) is 0 Å². The van der Waals surface area contributed by atoms with Gasteiger partial charge in [0.1, 0.15) is 43.2 Å². The zero-order valence-corrected chi connectivity index (χ0v) is 39.6. The lowest BCUT2D eigenvalue weighted by molar-refractivity contribution is -0.220. The van der Waals surface area contributed by atoms with E-state index in [-0.39, 0.29) is 25.7 Å². The zero-order chi connectivity index (χ0) is 48.1. The number of esters is 2. The summed E-state index contributed by atoms with van der Waals surface area (Å²) in [7, 11) is -5.19. The molecule has 1 saturated carbocycles. The highest BCUT2D eigenvalue weighted by Crippen LogP contribution is 2.47. The van der Waals surface area contributed by atoms with Gasteiger partial charge in [0.05, 0.1) is 18.8 Å². The lowest BCUT2D eigenvalue weighted by atomic mass is 9.85. The van der Waals surface area contributed by atoms with Crippen molar-refractivity contribution < 1.29 is 73.3 Å². The minimum absolute atomic E-state index is 0.0136. The Hall–Kier alpha value is -3.05. The maximum Gasteiger partial charge on any atom is 0.472 e. The molecule has 1 fully saturated rings. The van der Waals surface area contributed by atoms with Gasteiger partial charge in [0.25, 0.3) is 0 Å². The maximum absolute atomic E-state index is 12.8. The van der Waals surface area contributed by atoms with E-state index < -0.39 is 87.9 Å². The van der Waals surface area contributed by atoms with Gasteiger partial charge in [-0.05, 0) is 77.0 Å². The van der Waals surface area contributed by atoms with Crippen molar-refractivity contribution in [1.29, 1.82) is 0 Å². The molecule has 65 heavy (non-hydrogen) atoms. The summed E-state index contributed by atoms with van der Waals surface area (Å²) in [6.07, 6.45) is 28.1. The average molecular weight is 941 g/mol. The molecular formula is C49H81O15P. The van der Waals surface area contributed by atoms with Crippen molar-refractivity contribution in [2.24, 2.45) is 0 Å². The first-order chi connectivity index (χ1) is 31.2. The van der Waals surface area contributed by atoms with Crippen LogP contribution in [-0.2, 0) is 32.7 Å². The van der Waals surface area contributed by atoms with E-state index >= 15 is 0 Å². The molecule has 372 valence electrons. The largest absolute Gasteiger partial charge is 0.472 e. The van der Waals surface area contributed by atoms with Crippen molar-refractivity contribution in [3.05, 3.63) is 85.1 Å². The summed E-state index contributed by atoms with van der Waals surface area (Å²) >= 11 is 0. The van der Waals surface area contributed by atoms with Crippen LogP contribution in [0.4, 0.5) is 0 Å². The first kappa shape index (κ1) is 60.0. The van der Waals surface area contributed by atoms with Gasteiger partial charge in [-0.25, -0.2) is 4.57 Å². The zero-order valence-electron chi connectivity index (χ0n) is 38.7. The second kappa shape index (κ2) is 38.0. The van der Waals surface area contributed by atoms with Gasteiger partial charge in [0, 0.05) is 12.8 Å². The van der Waals surface area contributed by atoms with Crippen molar-refractivity contribution in [2.45, 2.75) is 197 Å².